The molecule has 0 spiro atoms. The Balaban J connectivity index is 3.01. The van der Waals surface area contributed by atoms with Crippen LogP contribution in [0, 0.1) is 0 Å². The average Bonchev–Trinajstić information content (AvgIpc) is 2.12. The minimum atomic E-state index is 0.0569. The Bertz CT molecular complexity index is 516. The molecule has 0 saturated carbocycles. The molecule has 0 N–H and O–H groups in total. The largest absolute Gasteiger partial charge is 0.350 e. The molecule has 0 bridgehead atoms. The lowest BCUT2D eigenvalue weighted by atomic mass is 10.2. The van der Waals surface area contributed by atoms with E-state index in [-0.39, 0.29) is 5.43 Å². The maximum Gasteiger partial charge on any atom is 0.189 e. The lowest BCUT2D eigenvalue weighted by molar-refractivity contribution is 0.948. The van der Waals surface area contributed by atoms with E-state index in [1.165, 1.54) is 0 Å². The third-order valence-electron chi connectivity index (χ3n) is 2.08. The molecule has 13 heavy (non-hydrogen) atoms. The summed E-state index contributed by atoms with van der Waals surface area (Å²) in [6.07, 6.45) is 1.76. The van der Waals surface area contributed by atoms with Crippen LogP contribution in [0.15, 0.2) is 40.2 Å². The Morgan fingerprint density at radius 1 is 1.31 bits per heavy atom. The highest BCUT2D eigenvalue weighted by molar-refractivity contribution is 7.80. The van der Waals surface area contributed by atoms with Crippen LogP contribution in [0.4, 0.5) is 0 Å². The second kappa shape index (κ2) is 2.92. The van der Waals surface area contributed by atoms with Crippen LogP contribution < -0.4 is 5.43 Å². The zero-order valence-corrected chi connectivity index (χ0v) is 8.08. The Morgan fingerprint density at radius 3 is 2.85 bits per heavy atom. The molecule has 1 aromatic heterocycles. The molecule has 0 unspecified atom stereocenters. The van der Waals surface area contributed by atoms with Gasteiger partial charge in [0.1, 0.15) is 0 Å². The second-order valence-electron chi connectivity index (χ2n) is 2.99. The predicted octanol–water partition coefficient (Wildman–Crippen LogP) is 1.83. The number of rotatable bonds is 0. The molecule has 0 aliphatic heterocycles. The maximum absolute atomic E-state index is 11.4. The standard InChI is InChI=1S/C10H9NOS/c1-11-5-4-10(12)8-3-2-7(13)6-9(8)11/h2-6,13H,1H3. The topological polar surface area (TPSA) is 22.0 Å². The molecule has 3 heteroatoms. The summed E-state index contributed by atoms with van der Waals surface area (Å²) in [7, 11) is 1.91. The number of pyridine rings is 1. The molecule has 0 saturated heterocycles. The summed E-state index contributed by atoms with van der Waals surface area (Å²) in [6, 6.07) is 7.09. The SMILES string of the molecule is Cn1ccc(=O)c2ccc(S)cc21. The van der Waals surface area contributed by atoms with Gasteiger partial charge in [0.05, 0.1) is 5.52 Å². The highest BCUT2D eigenvalue weighted by Gasteiger charge is 1.99. The molecule has 66 valence electrons. The molecule has 0 amide bonds. The highest BCUT2D eigenvalue weighted by atomic mass is 32.1. The fraction of sp³-hybridized carbons (Fsp3) is 0.100. The zero-order valence-electron chi connectivity index (χ0n) is 7.19. The Kier molecular flexibility index (Phi) is 1.88. The highest BCUT2D eigenvalue weighted by Crippen LogP contribution is 2.14. The molecule has 2 rings (SSSR count). The molecular weight excluding hydrogens is 182 g/mol. The molecule has 2 aromatic rings. The monoisotopic (exact) mass is 191 g/mol. The van der Waals surface area contributed by atoms with Crippen molar-refractivity contribution in [2.24, 2.45) is 7.05 Å². The van der Waals surface area contributed by atoms with Crippen molar-refractivity contribution in [3.8, 4) is 0 Å². The summed E-state index contributed by atoms with van der Waals surface area (Å²) in [4.78, 5) is 12.3. The van der Waals surface area contributed by atoms with Crippen LogP contribution in [0.5, 0.6) is 0 Å². The summed E-state index contributed by atoms with van der Waals surface area (Å²) >= 11 is 4.23. The molecule has 2 nitrogen and oxygen atoms in total. The van der Waals surface area contributed by atoms with E-state index in [1.54, 1.807) is 18.3 Å². The van der Waals surface area contributed by atoms with Gasteiger partial charge in [-0.15, -0.1) is 12.6 Å². The van der Waals surface area contributed by atoms with Gasteiger partial charge in [0.2, 0.25) is 0 Å². The van der Waals surface area contributed by atoms with Gasteiger partial charge < -0.3 is 4.57 Å². The fourth-order valence-electron chi connectivity index (χ4n) is 1.37. The van der Waals surface area contributed by atoms with E-state index in [2.05, 4.69) is 12.6 Å². The van der Waals surface area contributed by atoms with Crippen molar-refractivity contribution in [2.75, 3.05) is 0 Å². The van der Waals surface area contributed by atoms with E-state index >= 15 is 0 Å². The van der Waals surface area contributed by atoms with Crippen molar-refractivity contribution in [2.45, 2.75) is 4.90 Å². The molecule has 1 heterocycles. The van der Waals surface area contributed by atoms with Crippen molar-refractivity contribution in [3.63, 3.8) is 0 Å². The summed E-state index contributed by atoms with van der Waals surface area (Å²) < 4.78 is 1.91. The van der Waals surface area contributed by atoms with Gasteiger partial charge in [0, 0.05) is 29.6 Å². The van der Waals surface area contributed by atoms with E-state index < -0.39 is 0 Å². The first-order valence-corrected chi connectivity index (χ1v) is 4.41. The van der Waals surface area contributed by atoms with Gasteiger partial charge in [0.15, 0.2) is 5.43 Å². The molecule has 1 aromatic carbocycles. The van der Waals surface area contributed by atoms with Crippen LogP contribution in [-0.4, -0.2) is 4.57 Å². The van der Waals surface area contributed by atoms with E-state index in [1.807, 2.05) is 23.7 Å². The van der Waals surface area contributed by atoms with Crippen molar-refractivity contribution in [1.29, 1.82) is 0 Å². The summed E-state index contributed by atoms with van der Waals surface area (Å²) in [5.74, 6) is 0. The van der Waals surface area contributed by atoms with Crippen molar-refractivity contribution < 1.29 is 0 Å². The van der Waals surface area contributed by atoms with E-state index in [9.17, 15) is 4.79 Å². The number of nitrogens with zero attached hydrogens (tertiary/aromatic N) is 1. The number of hydrogen-bond acceptors (Lipinski definition) is 2. The maximum atomic E-state index is 11.4. The smallest absolute Gasteiger partial charge is 0.189 e. The number of aryl methyl sites for hydroxylation is 1. The van der Waals surface area contributed by atoms with Crippen molar-refractivity contribution in [1.82, 2.24) is 4.57 Å². The third-order valence-corrected chi connectivity index (χ3v) is 2.35. The summed E-state index contributed by atoms with van der Waals surface area (Å²) in [5, 5.41) is 0.739. The summed E-state index contributed by atoms with van der Waals surface area (Å²) in [5.41, 5.74) is 0.974. The van der Waals surface area contributed by atoms with Crippen LogP contribution >= 0.6 is 12.6 Å². The van der Waals surface area contributed by atoms with Gasteiger partial charge in [-0.1, -0.05) is 0 Å². The molecule has 0 fully saturated rings. The molecule has 0 aliphatic carbocycles. The van der Waals surface area contributed by atoms with E-state index in [4.69, 9.17) is 0 Å². The minimum absolute atomic E-state index is 0.0569. The fourth-order valence-corrected chi connectivity index (χ4v) is 1.57. The van der Waals surface area contributed by atoms with Crippen molar-refractivity contribution >= 4 is 23.5 Å². The molecule has 0 aliphatic rings. The van der Waals surface area contributed by atoms with Gasteiger partial charge in [0.25, 0.3) is 0 Å². The first-order valence-electron chi connectivity index (χ1n) is 3.97. The molecule has 0 radical (unpaired) electrons. The normalized spacial score (nSPS) is 10.6. The second-order valence-corrected chi connectivity index (χ2v) is 3.51. The quantitative estimate of drug-likeness (QED) is 0.630. The van der Waals surface area contributed by atoms with E-state index in [0.717, 1.165) is 15.8 Å². The van der Waals surface area contributed by atoms with Gasteiger partial charge in [-0.3, -0.25) is 4.79 Å². The number of hydrogen-bond donors (Lipinski definition) is 1. The summed E-state index contributed by atoms with van der Waals surface area (Å²) in [6.45, 7) is 0. The number of benzene rings is 1. The van der Waals surface area contributed by atoms with Crippen LogP contribution in [0.1, 0.15) is 0 Å². The van der Waals surface area contributed by atoms with Crippen LogP contribution in [-0.2, 0) is 7.05 Å². The number of aromatic nitrogens is 1. The van der Waals surface area contributed by atoms with Crippen LogP contribution in [0.25, 0.3) is 10.9 Å². The van der Waals surface area contributed by atoms with Gasteiger partial charge >= 0.3 is 0 Å². The van der Waals surface area contributed by atoms with Crippen molar-refractivity contribution in [3.05, 3.63) is 40.7 Å². The van der Waals surface area contributed by atoms with Gasteiger partial charge in [-0.2, -0.15) is 0 Å². The molecule has 0 atom stereocenters. The first-order chi connectivity index (χ1) is 6.18. The lowest BCUT2D eigenvalue weighted by Gasteiger charge is -2.04. The third kappa shape index (κ3) is 1.35. The number of fused-ring (bicyclic) bond motifs is 1. The van der Waals surface area contributed by atoms with Crippen LogP contribution in [0.2, 0.25) is 0 Å². The average molecular weight is 191 g/mol. The lowest BCUT2D eigenvalue weighted by Crippen LogP contribution is -2.04. The zero-order chi connectivity index (χ0) is 9.42. The Labute approximate surface area is 81.2 Å². The van der Waals surface area contributed by atoms with E-state index in [0.29, 0.717) is 0 Å². The van der Waals surface area contributed by atoms with Gasteiger partial charge in [-0.25, -0.2) is 0 Å². The Morgan fingerprint density at radius 2 is 2.08 bits per heavy atom. The Hall–Kier alpha value is -1.22. The predicted molar refractivity (Wildman–Crippen MR) is 56.4 cm³/mol. The number of thiol groups is 1. The minimum Gasteiger partial charge on any atom is -0.350 e. The molecular formula is C10H9NOS. The van der Waals surface area contributed by atoms with Crippen LogP contribution in [0.3, 0.4) is 0 Å². The first kappa shape index (κ1) is 8.38. The van der Waals surface area contributed by atoms with Gasteiger partial charge in [-0.05, 0) is 18.2 Å².